The first-order valence-electron chi connectivity index (χ1n) is 28.6. The predicted octanol–water partition coefficient (Wildman–Crippen LogP) is -9.53. The van der Waals surface area contributed by atoms with Crippen molar-refractivity contribution >= 4 is 65.0 Å². The van der Waals surface area contributed by atoms with Gasteiger partial charge in [0.2, 0.25) is 53.2 Å². The summed E-state index contributed by atoms with van der Waals surface area (Å²) >= 11 is 0. The summed E-state index contributed by atoms with van der Waals surface area (Å²) in [6.45, 7) is 1.10. The largest absolute Gasteiger partial charge is 0.389 e. The molecule has 34 nitrogen and oxygen atoms in total. The Labute approximate surface area is 494 Å². The minimum atomic E-state index is -1.83. The van der Waals surface area contributed by atoms with Crippen LogP contribution in [0.25, 0.3) is 0 Å². The number of hydrogen-bond donors (Lipinski definition) is 21. The second kappa shape index (κ2) is 40.8. The average Bonchev–Trinajstić information content (AvgIpc) is 3.91. The summed E-state index contributed by atoms with van der Waals surface area (Å²) in [7, 11) is 0. The van der Waals surface area contributed by atoms with Gasteiger partial charge in [-0.05, 0) is 110 Å². The Hall–Kier alpha value is -7.44. The zero-order valence-electron chi connectivity index (χ0n) is 48.5. The van der Waals surface area contributed by atoms with Gasteiger partial charge in [0.25, 0.3) is 5.91 Å². The Bertz CT molecular complexity index is 2340. The number of aliphatic hydroxyl groups excluding tert-OH is 2. The Morgan fingerprint density at radius 1 is 0.694 bits per heavy atom. The van der Waals surface area contributed by atoms with Gasteiger partial charge in [-0.25, -0.2) is 4.98 Å². The van der Waals surface area contributed by atoms with Gasteiger partial charge in [-0.1, -0.05) is 12.5 Å². The van der Waals surface area contributed by atoms with E-state index in [1.807, 2.05) is 0 Å². The van der Waals surface area contributed by atoms with Crippen LogP contribution in [0.5, 0.6) is 0 Å². The molecular weight excluding hydrogens is 1110 g/mol. The van der Waals surface area contributed by atoms with Gasteiger partial charge in [0, 0.05) is 51.0 Å². The molecule has 2 unspecified atom stereocenters. The summed E-state index contributed by atoms with van der Waals surface area (Å²) in [6, 6.07) is -10.9. The molecule has 0 saturated carbocycles. The van der Waals surface area contributed by atoms with Crippen LogP contribution in [0.2, 0.25) is 0 Å². The Kier molecular flexibility index (Phi) is 35.3. The number of carbonyl (C=O) groups is 10. The average molecular weight is 1210 g/mol. The number of likely N-dealkylation sites (tertiary alicyclic amines) is 1. The minimum Gasteiger partial charge on any atom is -0.389 e. The third-order valence-corrected chi connectivity index (χ3v) is 13.4. The van der Waals surface area contributed by atoms with Crippen molar-refractivity contribution in [1.29, 1.82) is 0 Å². The molecule has 480 valence electrons. The standard InChI is InChI=1S/C51H94N22O12/c1-29(42(77)62-20-7-6-18-54)66-44(79)33(14-9-21-63-51(59)60)68-45(80)32(12-3-5-17-53)69-46(81)35(23-30-26-61-28-65-30)70-47(82)36-15-10-22-73(36)50(85)34(13-8-19-55)67-39(76)27-64-48(83)40(37(74)24-56)72-49(84)41(38(75)25-57)71-43(78)31(58)11-2-4-16-52/h14,26,28-29,31-32,34-38,40-41,74-75H,2-13,15-25,27,52-58H2,1H3,(H,61,65)(H,62,77)(H,64,83)(H,66,79)(H,67,76)(H,68,80)(H,69,81)(H,70,82)(H,71,78)(H,72,84)(H4,59,60,63)/b33-14-/t29-,31?,32-,34+,35?,36-,37-,38-,40-,41-/m0/s1. The van der Waals surface area contributed by atoms with Crippen molar-refractivity contribution in [3.8, 4) is 0 Å². The molecule has 1 fully saturated rings. The van der Waals surface area contributed by atoms with Gasteiger partial charge >= 0.3 is 0 Å². The summed E-state index contributed by atoms with van der Waals surface area (Å²) < 4.78 is 0. The summed E-state index contributed by atoms with van der Waals surface area (Å²) in [6.07, 6.45) is 4.64. The number of nitrogens with zero attached hydrogens (tertiary/aromatic N) is 3. The molecule has 30 N–H and O–H groups in total. The lowest BCUT2D eigenvalue weighted by Gasteiger charge is -2.30. The minimum absolute atomic E-state index is 0.0189. The lowest BCUT2D eigenvalue weighted by atomic mass is 10.0. The molecule has 85 heavy (non-hydrogen) atoms. The SMILES string of the molecule is C[C@H](NC(=O)/C(=C/CCN=C(N)N)NC(=O)[C@H](CCCCN)NC(=O)C(Cc1cnc[nH]1)NC(=O)[C@@H]1CCCN1C(=O)[C@@H](CCCN)NC(=O)CNC(=O)[C@@H](NC(=O)[C@@H](NC(=O)C(N)CCCCN)[C@@H](O)CN)[C@@H](O)CN)C(=O)NCCCCN. The van der Waals surface area contributed by atoms with Crippen LogP contribution in [0.15, 0.2) is 29.3 Å². The summed E-state index contributed by atoms with van der Waals surface area (Å²) in [5, 5.41) is 43.9. The zero-order valence-corrected chi connectivity index (χ0v) is 48.5. The molecule has 1 aliphatic heterocycles. The molecule has 0 radical (unpaired) electrons. The quantitative estimate of drug-likeness (QED) is 0.0125. The van der Waals surface area contributed by atoms with Gasteiger partial charge in [-0.15, -0.1) is 0 Å². The number of guanidine groups is 1. The Balaban J connectivity index is 2.34. The van der Waals surface area contributed by atoms with Crippen molar-refractivity contribution in [1.82, 2.24) is 62.7 Å². The highest BCUT2D eigenvalue weighted by molar-refractivity contribution is 6.02. The maximum atomic E-state index is 14.4. The van der Waals surface area contributed by atoms with Crippen LogP contribution in [0.1, 0.15) is 96.1 Å². The van der Waals surface area contributed by atoms with Crippen molar-refractivity contribution in [2.45, 2.75) is 157 Å². The summed E-state index contributed by atoms with van der Waals surface area (Å²) in [4.78, 5) is 149. The first-order valence-corrected chi connectivity index (χ1v) is 28.6. The monoisotopic (exact) mass is 1210 g/mol. The van der Waals surface area contributed by atoms with E-state index in [4.69, 9.17) is 51.6 Å². The van der Waals surface area contributed by atoms with Crippen molar-refractivity contribution < 1.29 is 58.2 Å². The molecule has 34 heteroatoms. The van der Waals surface area contributed by atoms with Gasteiger partial charge in [-0.3, -0.25) is 52.9 Å². The second-order valence-electron chi connectivity index (χ2n) is 20.3. The van der Waals surface area contributed by atoms with E-state index in [9.17, 15) is 58.2 Å². The molecule has 1 aliphatic rings. The lowest BCUT2D eigenvalue weighted by molar-refractivity contribution is -0.142. The first kappa shape index (κ1) is 73.7. The maximum absolute atomic E-state index is 14.4. The molecule has 0 bridgehead atoms. The van der Waals surface area contributed by atoms with Crippen LogP contribution in [-0.4, -0.2) is 216 Å². The number of hydrogen-bond acceptors (Lipinski definition) is 21. The Morgan fingerprint density at radius 2 is 1.31 bits per heavy atom. The predicted molar refractivity (Wildman–Crippen MR) is 312 cm³/mol. The topological polar surface area (TPSA) is 598 Å². The van der Waals surface area contributed by atoms with Crippen LogP contribution in [0.3, 0.4) is 0 Å². The molecule has 0 aromatic carbocycles. The number of imidazole rings is 1. The first-order chi connectivity index (χ1) is 40.6. The molecule has 0 aliphatic carbocycles. The van der Waals surface area contributed by atoms with E-state index in [-0.39, 0.29) is 82.8 Å². The van der Waals surface area contributed by atoms with Gasteiger partial charge in [0.1, 0.15) is 48.0 Å². The zero-order chi connectivity index (χ0) is 63.4. The van der Waals surface area contributed by atoms with Crippen LogP contribution in [-0.2, 0) is 54.4 Å². The van der Waals surface area contributed by atoms with E-state index in [2.05, 4.69) is 62.8 Å². The lowest BCUT2D eigenvalue weighted by Crippen LogP contribution is -2.63. The summed E-state index contributed by atoms with van der Waals surface area (Å²) in [5.74, 6) is -8.64. The fraction of sp³-hybridized carbons (Fsp3) is 0.686. The number of aromatic nitrogens is 2. The molecule has 1 aromatic rings. The number of nitrogens with two attached hydrogens (primary N) is 9. The highest BCUT2D eigenvalue weighted by Crippen LogP contribution is 2.21. The molecule has 0 spiro atoms. The van der Waals surface area contributed by atoms with Crippen molar-refractivity contribution in [2.75, 3.05) is 65.4 Å². The molecule has 2 rings (SSSR count). The van der Waals surface area contributed by atoms with Gasteiger partial charge < -0.3 is 120 Å². The second-order valence-corrected chi connectivity index (χ2v) is 20.3. The van der Waals surface area contributed by atoms with Crippen LogP contribution < -0.4 is 99.5 Å². The number of carbonyl (C=O) groups excluding carboxylic acids is 10. The number of H-pyrrole nitrogens is 1. The van der Waals surface area contributed by atoms with Crippen molar-refractivity contribution in [3.63, 3.8) is 0 Å². The van der Waals surface area contributed by atoms with E-state index in [0.717, 1.165) is 0 Å². The number of aromatic amines is 1. The smallest absolute Gasteiger partial charge is 0.268 e. The van der Waals surface area contributed by atoms with Crippen molar-refractivity contribution in [3.05, 3.63) is 30.0 Å². The molecule has 1 saturated heterocycles. The van der Waals surface area contributed by atoms with E-state index >= 15 is 0 Å². The van der Waals surface area contributed by atoms with Crippen LogP contribution >= 0.6 is 0 Å². The fourth-order valence-electron chi connectivity index (χ4n) is 8.62. The number of rotatable bonds is 42. The number of amides is 10. The van der Waals surface area contributed by atoms with Crippen molar-refractivity contribution in [2.24, 2.45) is 56.6 Å². The number of unbranched alkanes of at least 4 members (excludes halogenated alkanes) is 3. The number of aliphatic hydroxyl groups is 2. The third kappa shape index (κ3) is 27.0. The maximum Gasteiger partial charge on any atom is 0.268 e. The third-order valence-electron chi connectivity index (χ3n) is 13.4. The summed E-state index contributed by atoms with van der Waals surface area (Å²) in [5.41, 5.74) is 50.9. The molecular formula is C51H94N22O12. The van der Waals surface area contributed by atoms with Gasteiger partial charge in [-0.2, -0.15) is 0 Å². The van der Waals surface area contributed by atoms with E-state index in [1.54, 1.807) is 0 Å². The highest BCUT2D eigenvalue weighted by Gasteiger charge is 2.40. The molecule has 1 aromatic heterocycles. The Morgan fingerprint density at radius 3 is 1.92 bits per heavy atom. The van der Waals surface area contributed by atoms with E-state index in [1.165, 1.54) is 30.4 Å². The van der Waals surface area contributed by atoms with Gasteiger partial charge in [0.15, 0.2) is 5.96 Å². The highest BCUT2D eigenvalue weighted by atomic mass is 16.3. The molecule has 10 atom stereocenters. The fourth-order valence-corrected chi connectivity index (χ4v) is 8.62. The van der Waals surface area contributed by atoms with E-state index in [0.29, 0.717) is 70.3 Å². The number of nitrogens with one attached hydrogen (secondary N) is 10. The number of aliphatic imine (C=N–C) groups is 1. The van der Waals surface area contributed by atoms with Gasteiger partial charge in [0.05, 0.1) is 31.1 Å². The normalized spacial score (nSPS) is 16.3. The van der Waals surface area contributed by atoms with E-state index < -0.39 is 139 Å². The van der Waals surface area contributed by atoms with Crippen LogP contribution in [0, 0.1) is 0 Å². The molecule has 10 amide bonds. The molecule has 2 heterocycles. The van der Waals surface area contributed by atoms with Crippen LogP contribution in [0.4, 0.5) is 0 Å².